The first-order valence-electron chi connectivity index (χ1n) is 11.2. The maximum Gasteiger partial charge on any atom is 0 e. The predicted molar refractivity (Wildman–Crippen MR) is 119 cm³/mol. The number of rotatable bonds is 6. The van der Waals surface area contributed by atoms with Crippen molar-refractivity contribution in [3.05, 3.63) is 57.7 Å². The van der Waals surface area contributed by atoms with Gasteiger partial charge in [-0.05, 0) is 97.6 Å². The Morgan fingerprint density at radius 3 is 0.667 bits per heavy atom. The van der Waals surface area contributed by atoms with Gasteiger partial charge in [-0.1, -0.05) is 65.8 Å². The van der Waals surface area contributed by atoms with E-state index in [0.717, 1.165) is 0 Å². The molecule has 0 saturated carbocycles. The van der Waals surface area contributed by atoms with Crippen LogP contribution in [0.15, 0.2) is 24.3 Å². The summed E-state index contributed by atoms with van der Waals surface area (Å²) in [4.78, 5) is 0. The van der Waals surface area contributed by atoms with E-state index >= 15 is 0 Å². The zero-order valence-corrected chi connectivity index (χ0v) is 20.5. The summed E-state index contributed by atoms with van der Waals surface area (Å²) >= 11 is 0. The second-order valence-corrected chi connectivity index (χ2v) is 7.09. The van der Waals surface area contributed by atoms with Crippen molar-refractivity contribution >= 4 is 0 Å². The number of benzene rings is 1. The molecule has 0 fully saturated rings. The van der Waals surface area contributed by atoms with Crippen LogP contribution in [0.2, 0.25) is 0 Å². The van der Waals surface area contributed by atoms with Gasteiger partial charge in [0.15, 0.2) is 0 Å². The van der Waals surface area contributed by atoms with Crippen LogP contribution in [0.1, 0.15) is 101 Å². The van der Waals surface area contributed by atoms with Crippen molar-refractivity contribution < 1.29 is 19.5 Å². The van der Waals surface area contributed by atoms with Crippen LogP contribution >= 0.6 is 0 Å². The van der Waals surface area contributed by atoms with Crippen molar-refractivity contribution in [3.8, 4) is 0 Å². The molecular formula is C26H42Ru. The molecule has 1 heteroatoms. The SMILES string of the molecule is C1=C\CC/C=C\CC/1.CCc1c(CC)c(CC)c(CC)c(CC)c1CC.[Ru]. The molecule has 0 aliphatic heterocycles. The molecule has 154 valence electrons. The summed E-state index contributed by atoms with van der Waals surface area (Å²) in [6.45, 7) is 13.9. The normalized spacial score (nSPS) is 15.6. The molecule has 0 spiro atoms. The van der Waals surface area contributed by atoms with Gasteiger partial charge in [0.2, 0.25) is 0 Å². The first kappa shape index (κ1) is 26.3. The second-order valence-electron chi connectivity index (χ2n) is 7.09. The predicted octanol–water partition coefficient (Wildman–Crippen LogP) is 7.73. The molecule has 0 amide bonds. The smallest absolute Gasteiger partial charge is 0 e. The minimum atomic E-state index is 0. The van der Waals surface area contributed by atoms with Crippen LogP contribution in [0.5, 0.6) is 0 Å². The van der Waals surface area contributed by atoms with Crippen molar-refractivity contribution in [1.29, 1.82) is 0 Å². The molecule has 27 heavy (non-hydrogen) atoms. The van der Waals surface area contributed by atoms with Crippen molar-refractivity contribution in [2.75, 3.05) is 0 Å². The summed E-state index contributed by atoms with van der Waals surface area (Å²) < 4.78 is 0. The van der Waals surface area contributed by atoms with E-state index < -0.39 is 0 Å². The zero-order chi connectivity index (χ0) is 19.4. The first-order valence-corrected chi connectivity index (χ1v) is 11.2. The minimum Gasteiger partial charge on any atom is -0.0882 e. The van der Waals surface area contributed by atoms with Gasteiger partial charge in [0.25, 0.3) is 0 Å². The summed E-state index contributed by atoms with van der Waals surface area (Å²) in [6, 6.07) is 0. The van der Waals surface area contributed by atoms with E-state index in [2.05, 4.69) is 65.8 Å². The third-order valence-corrected chi connectivity index (χ3v) is 5.64. The molecule has 0 aromatic heterocycles. The Labute approximate surface area is 182 Å². The van der Waals surface area contributed by atoms with Crippen molar-refractivity contribution in [2.24, 2.45) is 0 Å². The maximum absolute atomic E-state index is 2.32. The molecule has 0 bridgehead atoms. The second kappa shape index (κ2) is 15.3. The first-order chi connectivity index (χ1) is 12.7. The Bertz CT molecular complexity index is 446. The van der Waals surface area contributed by atoms with E-state index in [9.17, 15) is 0 Å². The molecule has 0 heterocycles. The number of hydrogen-bond donors (Lipinski definition) is 0. The number of allylic oxidation sites excluding steroid dienone is 4. The van der Waals surface area contributed by atoms with Crippen LogP contribution in [0.3, 0.4) is 0 Å². The summed E-state index contributed by atoms with van der Waals surface area (Å²) in [6.07, 6.45) is 21.1. The molecule has 0 saturated heterocycles. The van der Waals surface area contributed by atoms with Crippen LogP contribution in [0.25, 0.3) is 0 Å². The Kier molecular flexibility index (Phi) is 14.9. The van der Waals surface area contributed by atoms with Gasteiger partial charge in [0.05, 0.1) is 0 Å². The zero-order valence-electron chi connectivity index (χ0n) is 18.7. The van der Waals surface area contributed by atoms with Gasteiger partial charge in [-0.25, -0.2) is 0 Å². The largest absolute Gasteiger partial charge is 0.0882 e. The fourth-order valence-corrected chi connectivity index (χ4v) is 4.51. The van der Waals surface area contributed by atoms with Gasteiger partial charge < -0.3 is 0 Å². The van der Waals surface area contributed by atoms with E-state index in [1.165, 1.54) is 64.2 Å². The molecule has 1 aliphatic carbocycles. The van der Waals surface area contributed by atoms with Crippen molar-refractivity contribution in [3.63, 3.8) is 0 Å². The molecule has 1 aromatic carbocycles. The summed E-state index contributed by atoms with van der Waals surface area (Å²) in [5.41, 5.74) is 9.95. The molecule has 2 rings (SSSR count). The Balaban J connectivity index is 0.000000629. The van der Waals surface area contributed by atoms with Gasteiger partial charge in [-0.3, -0.25) is 0 Å². The maximum atomic E-state index is 2.32. The fourth-order valence-electron chi connectivity index (χ4n) is 4.51. The third kappa shape index (κ3) is 7.34. The van der Waals surface area contributed by atoms with Gasteiger partial charge in [0, 0.05) is 19.5 Å². The van der Waals surface area contributed by atoms with Crippen molar-refractivity contribution in [2.45, 2.75) is 106 Å². The quantitative estimate of drug-likeness (QED) is 0.304. The van der Waals surface area contributed by atoms with Crippen LogP contribution in [0, 0.1) is 0 Å². The van der Waals surface area contributed by atoms with Gasteiger partial charge in [-0.15, -0.1) is 0 Å². The Morgan fingerprint density at radius 1 is 0.407 bits per heavy atom. The van der Waals surface area contributed by atoms with Crippen LogP contribution in [-0.2, 0) is 58.0 Å². The Morgan fingerprint density at radius 2 is 0.556 bits per heavy atom. The topological polar surface area (TPSA) is 0 Å². The van der Waals surface area contributed by atoms with E-state index in [-0.39, 0.29) is 19.5 Å². The number of hydrogen-bond acceptors (Lipinski definition) is 0. The molecule has 0 radical (unpaired) electrons. The van der Waals surface area contributed by atoms with Crippen LogP contribution < -0.4 is 0 Å². The standard InChI is InChI=1S/C18H30.C8H12.Ru/c1-7-13-14(8-2)16(10-4)18(12-6)17(11-5)15(13)9-3;1-2-4-6-8-7-5-3-1;/h7-12H2,1-6H3;1-2,7-8H,3-6H2;/b;2-1-,8-7-;. The summed E-state index contributed by atoms with van der Waals surface area (Å²) in [5, 5.41) is 0. The molecule has 0 unspecified atom stereocenters. The fraction of sp³-hybridized carbons (Fsp3) is 0.615. The molecule has 1 aromatic rings. The molecule has 0 atom stereocenters. The van der Waals surface area contributed by atoms with Gasteiger partial charge in [0.1, 0.15) is 0 Å². The van der Waals surface area contributed by atoms with E-state index in [0.29, 0.717) is 0 Å². The monoisotopic (exact) mass is 456 g/mol. The van der Waals surface area contributed by atoms with Crippen LogP contribution in [0.4, 0.5) is 0 Å². The average Bonchev–Trinajstić information content (AvgIpc) is 2.65. The molecule has 0 nitrogen and oxygen atoms in total. The summed E-state index contributed by atoms with van der Waals surface area (Å²) in [5.74, 6) is 0. The van der Waals surface area contributed by atoms with E-state index in [1.807, 2.05) is 0 Å². The third-order valence-electron chi connectivity index (χ3n) is 5.64. The van der Waals surface area contributed by atoms with E-state index in [4.69, 9.17) is 0 Å². The minimum absolute atomic E-state index is 0. The average molecular weight is 456 g/mol. The van der Waals surface area contributed by atoms with Crippen molar-refractivity contribution in [1.82, 2.24) is 0 Å². The molecular weight excluding hydrogens is 413 g/mol. The molecule has 0 N–H and O–H groups in total. The van der Waals surface area contributed by atoms with Crippen LogP contribution in [-0.4, -0.2) is 0 Å². The summed E-state index contributed by atoms with van der Waals surface area (Å²) in [7, 11) is 0. The van der Waals surface area contributed by atoms with Gasteiger partial charge in [-0.2, -0.15) is 0 Å². The molecule has 1 aliphatic rings. The van der Waals surface area contributed by atoms with Gasteiger partial charge >= 0.3 is 0 Å². The van der Waals surface area contributed by atoms with E-state index in [1.54, 1.807) is 33.4 Å². The Hall–Kier alpha value is -0.677.